The molecule has 0 radical (unpaired) electrons. The summed E-state index contributed by atoms with van der Waals surface area (Å²) in [5.41, 5.74) is 1.14. The summed E-state index contributed by atoms with van der Waals surface area (Å²) in [6.07, 6.45) is 1.66. The number of ether oxygens (including phenoxy) is 1. The predicted molar refractivity (Wildman–Crippen MR) is 62.7 cm³/mol. The molecule has 4 heteroatoms. The lowest BCUT2D eigenvalue weighted by molar-refractivity contribution is 0.0526. The number of benzene rings is 1. The van der Waals surface area contributed by atoms with E-state index in [1.54, 1.807) is 31.3 Å². The van der Waals surface area contributed by atoms with Gasteiger partial charge in [-0.1, -0.05) is 17.7 Å². The van der Waals surface area contributed by atoms with Crippen molar-refractivity contribution < 1.29 is 9.53 Å². The Hall–Kier alpha value is -1.61. The van der Waals surface area contributed by atoms with Crippen LogP contribution >= 0.6 is 11.6 Å². The van der Waals surface area contributed by atoms with Crippen LogP contribution in [0, 0.1) is 0 Å². The Bertz CT molecular complexity index is 540. The van der Waals surface area contributed by atoms with E-state index < -0.39 is 0 Å². The van der Waals surface area contributed by atoms with E-state index in [1.165, 1.54) is 0 Å². The number of esters is 1. The molecule has 2 rings (SSSR count). The minimum Gasteiger partial charge on any atom is -0.462 e. The highest BCUT2D eigenvalue weighted by molar-refractivity contribution is 6.35. The number of carbonyl (C=O) groups is 1. The molecule has 2 aromatic rings. The second kappa shape index (κ2) is 4.49. The van der Waals surface area contributed by atoms with Crippen molar-refractivity contribution in [1.29, 1.82) is 0 Å². The topological polar surface area (TPSA) is 39.2 Å². The first-order chi connectivity index (χ1) is 7.72. The van der Waals surface area contributed by atoms with Gasteiger partial charge in [0.2, 0.25) is 0 Å². The van der Waals surface area contributed by atoms with Crippen LogP contribution in [0.2, 0.25) is 5.02 Å². The molecule has 0 bridgehead atoms. The number of pyridine rings is 1. The highest BCUT2D eigenvalue weighted by Gasteiger charge is 2.10. The Morgan fingerprint density at radius 3 is 3.06 bits per heavy atom. The highest BCUT2D eigenvalue weighted by Crippen LogP contribution is 2.23. The molecule has 0 aliphatic rings. The number of hydrogen-bond donors (Lipinski definition) is 0. The first-order valence-electron chi connectivity index (χ1n) is 4.93. The van der Waals surface area contributed by atoms with Crippen molar-refractivity contribution in [2.24, 2.45) is 0 Å². The molecule has 0 amide bonds. The SMILES string of the molecule is CCOC(=O)c1cc(Cl)c2ncccc2c1. The maximum atomic E-state index is 11.5. The molecule has 0 atom stereocenters. The standard InChI is InChI=1S/C12H10ClNO2/c1-2-16-12(15)9-6-8-4-3-5-14-11(8)10(13)7-9/h3-7H,2H2,1H3. The van der Waals surface area contributed by atoms with Crippen LogP contribution in [0.15, 0.2) is 30.5 Å². The smallest absolute Gasteiger partial charge is 0.338 e. The molecule has 16 heavy (non-hydrogen) atoms. The van der Waals surface area contributed by atoms with E-state index in [0.29, 0.717) is 22.7 Å². The van der Waals surface area contributed by atoms with Crippen molar-refractivity contribution in [3.63, 3.8) is 0 Å². The van der Waals surface area contributed by atoms with E-state index >= 15 is 0 Å². The van der Waals surface area contributed by atoms with Crippen LogP contribution in [-0.4, -0.2) is 17.6 Å². The van der Waals surface area contributed by atoms with E-state index in [9.17, 15) is 4.79 Å². The zero-order chi connectivity index (χ0) is 11.5. The van der Waals surface area contributed by atoms with Crippen molar-refractivity contribution in [3.05, 3.63) is 41.0 Å². The zero-order valence-electron chi connectivity index (χ0n) is 8.74. The van der Waals surface area contributed by atoms with Gasteiger partial charge in [-0.05, 0) is 25.1 Å². The molecule has 0 aliphatic carbocycles. The first-order valence-corrected chi connectivity index (χ1v) is 5.31. The summed E-state index contributed by atoms with van der Waals surface area (Å²) in [5, 5.41) is 1.29. The fourth-order valence-corrected chi connectivity index (χ4v) is 1.76. The van der Waals surface area contributed by atoms with Crippen LogP contribution in [0.1, 0.15) is 17.3 Å². The van der Waals surface area contributed by atoms with Crippen molar-refractivity contribution in [2.45, 2.75) is 6.92 Å². The van der Waals surface area contributed by atoms with Crippen LogP contribution < -0.4 is 0 Å². The number of fused-ring (bicyclic) bond motifs is 1. The van der Waals surface area contributed by atoms with Crippen molar-refractivity contribution in [2.75, 3.05) is 6.61 Å². The molecule has 0 unspecified atom stereocenters. The second-order valence-corrected chi connectivity index (χ2v) is 3.66. The maximum absolute atomic E-state index is 11.5. The molecule has 0 N–H and O–H groups in total. The van der Waals surface area contributed by atoms with Crippen molar-refractivity contribution in [1.82, 2.24) is 4.98 Å². The molecule has 0 aliphatic heterocycles. The minimum absolute atomic E-state index is 0.349. The largest absolute Gasteiger partial charge is 0.462 e. The molecular formula is C12H10ClNO2. The Kier molecular flexibility index (Phi) is 3.06. The Labute approximate surface area is 98.0 Å². The predicted octanol–water partition coefficient (Wildman–Crippen LogP) is 3.06. The van der Waals surface area contributed by atoms with Crippen molar-refractivity contribution >= 4 is 28.5 Å². The Morgan fingerprint density at radius 2 is 2.31 bits per heavy atom. The number of rotatable bonds is 2. The van der Waals surface area contributed by atoms with Gasteiger partial charge in [0.15, 0.2) is 0 Å². The highest BCUT2D eigenvalue weighted by atomic mass is 35.5. The van der Waals surface area contributed by atoms with Gasteiger partial charge < -0.3 is 4.74 Å². The van der Waals surface area contributed by atoms with Gasteiger partial charge in [-0.2, -0.15) is 0 Å². The van der Waals surface area contributed by atoms with Crippen molar-refractivity contribution in [3.8, 4) is 0 Å². The quantitative estimate of drug-likeness (QED) is 0.751. The molecular weight excluding hydrogens is 226 g/mol. The van der Waals surface area contributed by atoms with Gasteiger partial charge in [-0.15, -0.1) is 0 Å². The summed E-state index contributed by atoms with van der Waals surface area (Å²) < 4.78 is 4.91. The number of aromatic nitrogens is 1. The molecule has 1 heterocycles. The molecule has 82 valence electrons. The van der Waals surface area contributed by atoms with Crippen LogP contribution in [0.3, 0.4) is 0 Å². The summed E-state index contributed by atoms with van der Waals surface area (Å²) in [4.78, 5) is 15.7. The molecule has 0 fully saturated rings. The summed E-state index contributed by atoms with van der Waals surface area (Å²) in [6.45, 7) is 2.11. The van der Waals surface area contributed by atoms with Crippen LogP contribution in [0.25, 0.3) is 10.9 Å². The van der Waals surface area contributed by atoms with Gasteiger partial charge in [0, 0.05) is 11.6 Å². The minimum atomic E-state index is -0.366. The van der Waals surface area contributed by atoms with Gasteiger partial charge in [0.1, 0.15) is 0 Å². The number of nitrogens with zero attached hydrogens (tertiary/aromatic N) is 1. The monoisotopic (exact) mass is 235 g/mol. The normalized spacial score (nSPS) is 10.4. The molecule has 3 nitrogen and oxygen atoms in total. The molecule has 0 saturated heterocycles. The van der Waals surface area contributed by atoms with E-state index in [1.807, 2.05) is 6.07 Å². The van der Waals surface area contributed by atoms with Gasteiger partial charge in [-0.25, -0.2) is 4.79 Å². The van der Waals surface area contributed by atoms with Crippen LogP contribution in [0.4, 0.5) is 0 Å². The third kappa shape index (κ3) is 1.99. The third-order valence-electron chi connectivity index (χ3n) is 2.17. The lowest BCUT2D eigenvalue weighted by Crippen LogP contribution is -2.04. The Morgan fingerprint density at radius 1 is 1.50 bits per heavy atom. The van der Waals surface area contributed by atoms with E-state index in [4.69, 9.17) is 16.3 Å². The van der Waals surface area contributed by atoms with E-state index in [0.717, 1.165) is 5.39 Å². The number of halogens is 1. The fraction of sp³-hybridized carbons (Fsp3) is 0.167. The van der Waals surface area contributed by atoms with E-state index in [2.05, 4.69) is 4.98 Å². The van der Waals surface area contributed by atoms with Gasteiger partial charge >= 0.3 is 5.97 Å². The molecule has 0 spiro atoms. The molecule has 0 saturated carbocycles. The lowest BCUT2D eigenvalue weighted by atomic mass is 10.1. The van der Waals surface area contributed by atoms with Crippen LogP contribution in [0.5, 0.6) is 0 Å². The zero-order valence-corrected chi connectivity index (χ0v) is 9.49. The maximum Gasteiger partial charge on any atom is 0.338 e. The number of carbonyl (C=O) groups excluding carboxylic acids is 1. The van der Waals surface area contributed by atoms with E-state index in [-0.39, 0.29) is 5.97 Å². The summed E-state index contributed by atoms with van der Waals surface area (Å²) in [7, 11) is 0. The average Bonchev–Trinajstić information content (AvgIpc) is 2.29. The van der Waals surface area contributed by atoms with Crippen LogP contribution in [-0.2, 0) is 4.74 Å². The molecule has 1 aromatic carbocycles. The van der Waals surface area contributed by atoms with Gasteiger partial charge in [0.25, 0.3) is 0 Å². The Balaban J connectivity index is 2.53. The summed E-state index contributed by atoms with van der Waals surface area (Å²) >= 11 is 6.04. The van der Waals surface area contributed by atoms with Gasteiger partial charge in [-0.3, -0.25) is 4.98 Å². The fourth-order valence-electron chi connectivity index (χ4n) is 1.48. The summed E-state index contributed by atoms with van der Waals surface area (Å²) in [5.74, 6) is -0.366. The first kappa shape index (κ1) is 10.9. The third-order valence-corrected chi connectivity index (χ3v) is 2.46. The number of hydrogen-bond acceptors (Lipinski definition) is 3. The van der Waals surface area contributed by atoms with Gasteiger partial charge in [0.05, 0.1) is 22.7 Å². The lowest BCUT2D eigenvalue weighted by Gasteiger charge is -2.04. The summed E-state index contributed by atoms with van der Waals surface area (Å²) in [6, 6.07) is 6.96. The average molecular weight is 236 g/mol. The molecule has 1 aromatic heterocycles. The second-order valence-electron chi connectivity index (χ2n) is 3.25.